The van der Waals surface area contributed by atoms with Crippen molar-refractivity contribution in [3.63, 3.8) is 0 Å². The third-order valence-electron chi connectivity index (χ3n) is 2.95. The maximum absolute atomic E-state index is 9.83. The molecule has 1 aromatic rings. The number of aliphatic hydroxyl groups excluding tert-OH is 2. The largest absolute Gasteiger partial charge is 0.491 e. The van der Waals surface area contributed by atoms with Crippen LogP contribution < -0.4 is 10.1 Å². The molecule has 4 nitrogen and oxygen atoms in total. The molecule has 0 aliphatic rings. The molecule has 0 aliphatic heterocycles. The van der Waals surface area contributed by atoms with Gasteiger partial charge in [-0.15, -0.1) is 0 Å². The molecule has 1 rings (SSSR count). The fourth-order valence-electron chi connectivity index (χ4n) is 1.62. The van der Waals surface area contributed by atoms with E-state index in [9.17, 15) is 10.2 Å². The normalized spacial score (nSPS) is 14.3. The second kappa shape index (κ2) is 8.70. The minimum absolute atomic E-state index is 0.0328. The van der Waals surface area contributed by atoms with Gasteiger partial charge in [-0.25, -0.2) is 0 Å². The highest BCUT2D eigenvalue weighted by molar-refractivity contribution is 6.42. The number of hydrogen-bond acceptors (Lipinski definition) is 4. The molecular formula is C14H21Cl2NO3. The van der Waals surface area contributed by atoms with Gasteiger partial charge in [-0.3, -0.25) is 0 Å². The first-order valence-electron chi connectivity index (χ1n) is 6.54. The molecule has 0 bridgehead atoms. The quantitative estimate of drug-likeness (QED) is 0.687. The SMILES string of the molecule is CC(C)[C@@H](CO)NCC(O)COc1ccc(Cl)c(Cl)c1. The molecule has 1 unspecified atom stereocenters. The van der Waals surface area contributed by atoms with Gasteiger partial charge in [0.15, 0.2) is 0 Å². The number of aliphatic hydroxyl groups is 2. The molecule has 0 fully saturated rings. The first-order valence-corrected chi connectivity index (χ1v) is 7.29. The Bertz CT molecular complexity index is 415. The Labute approximate surface area is 129 Å². The van der Waals surface area contributed by atoms with Crippen LogP contribution in [0, 0.1) is 5.92 Å². The molecule has 0 radical (unpaired) electrons. The number of ether oxygens (including phenoxy) is 1. The zero-order valence-corrected chi connectivity index (χ0v) is 13.2. The minimum atomic E-state index is -0.669. The van der Waals surface area contributed by atoms with Crippen molar-refractivity contribution in [2.45, 2.75) is 26.0 Å². The van der Waals surface area contributed by atoms with Crippen LogP contribution in [0.15, 0.2) is 18.2 Å². The third-order valence-corrected chi connectivity index (χ3v) is 3.69. The van der Waals surface area contributed by atoms with Crippen LogP contribution in [0.3, 0.4) is 0 Å². The van der Waals surface area contributed by atoms with Crippen LogP contribution in [0.1, 0.15) is 13.8 Å². The summed E-state index contributed by atoms with van der Waals surface area (Å²) in [6, 6.07) is 4.91. The predicted octanol–water partition coefficient (Wildman–Crippen LogP) is 2.34. The molecule has 0 saturated heterocycles. The van der Waals surface area contributed by atoms with E-state index in [1.807, 2.05) is 13.8 Å². The van der Waals surface area contributed by atoms with E-state index in [0.717, 1.165) is 0 Å². The molecule has 0 saturated carbocycles. The van der Waals surface area contributed by atoms with Crippen LogP contribution in [-0.2, 0) is 0 Å². The molecule has 1 aromatic carbocycles. The first-order chi connectivity index (χ1) is 9.43. The van der Waals surface area contributed by atoms with Crippen LogP contribution >= 0.6 is 23.2 Å². The highest BCUT2D eigenvalue weighted by atomic mass is 35.5. The van der Waals surface area contributed by atoms with E-state index in [2.05, 4.69) is 5.32 Å². The van der Waals surface area contributed by atoms with Crippen molar-refractivity contribution in [2.24, 2.45) is 5.92 Å². The Balaban J connectivity index is 2.35. The van der Waals surface area contributed by atoms with Crippen LogP contribution in [0.2, 0.25) is 10.0 Å². The van der Waals surface area contributed by atoms with Crippen LogP contribution in [0.5, 0.6) is 5.75 Å². The van der Waals surface area contributed by atoms with E-state index in [4.69, 9.17) is 27.9 Å². The van der Waals surface area contributed by atoms with E-state index >= 15 is 0 Å². The maximum Gasteiger partial charge on any atom is 0.121 e. The summed E-state index contributed by atoms with van der Waals surface area (Å²) in [5.41, 5.74) is 0. The molecule has 0 heterocycles. The summed E-state index contributed by atoms with van der Waals surface area (Å²) in [5.74, 6) is 0.851. The highest BCUT2D eigenvalue weighted by Crippen LogP contribution is 2.26. The van der Waals surface area contributed by atoms with Gasteiger partial charge in [-0.2, -0.15) is 0 Å². The van der Waals surface area contributed by atoms with Crippen molar-refractivity contribution in [1.29, 1.82) is 0 Å². The van der Waals surface area contributed by atoms with E-state index in [1.54, 1.807) is 18.2 Å². The molecule has 114 valence electrons. The maximum atomic E-state index is 9.83. The lowest BCUT2D eigenvalue weighted by atomic mass is 10.1. The molecule has 3 N–H and O–H groups in total. The molecule has 0 spiro atoms. The lowest BCUT2D eigenvalue weighted by Gasteiger charge is -2.22. The van der Waals surface area contributed by atoms with Gasteiger partial charge in [0.25, 0.3) is 0 Å². The Morgan fingerprint density at radius 3 is 2.50 bits per heavy atom. The van der Waals surface area contributed by atoms with Crippen molar-refractivity contribution >= 4 is 23.2 Å². The van der Waals surface area contributed by atoms with Crippen LogP contribution in [0.25, 0.3) is 0 Å². The zero-order chi connectivity index (χ0) is 15.1. The van der Waals surface area contributed by atoms with E-state index in [0.29, 0.717) is 28.3 Å². The second-order valence-electron chi connectivity index (χ2n) is 4.98. The number of benzene rings is 1. The molecule has 20 heavy (non-hydrogen) atoms. The number of nitrogens with one attached hydrogen (secondary N) is 1. The van der Waals surface area contributed by atoms with E-state index in [-0.39, 0.29) is 19.3 Å². The summed E-state index contributed by atoms with van der Waals surface area (Å²) in [6.07, 6.45) is -0.669. The van der Waals surface area contributed by atoms with Gasteiger partial charge >= 0.3 is 0 Å². The van der Waals surface area contributed by atoms with Crippen LogP contribution in [-0.4, -0.2) is 42.1 Å². The molecular weight excluding hydrogens is 301 g/mol. The van der Waals surface area contributed by atoms with Gasteiger partial charge in [0.1, 0.15) is 18.5 Å². The number of halogens is 2. The predicted molar refractivity (Wildman–Crippen MR) is 81.7 cm³/mol. The molecule has 0 amide bonds. The Kier molecular flexibility index (Phi) is 7.62. The Morgan fingerprint density at radius 1 is 1.25 bits per heavy atom. The monoisotopic (exact) mass is 321 g/mol. The van der Waals surface area contributed by atoms with Crippen molar-refractivity contribution in [1.82, 2.24) is 5.32 Å². The topological polar surface area (TPSA) is 61.7 Å². The van der Waals surface area contributed by atoms with Gasteiger partial charge < -0.3 is 20.3 Å². The summed E-state index contributed by atoms with van der Waals surface area (Å²) in [6.45, 7) is 4.54. The fourth-order valence-corrected chi connectivity index (χ4v) is 1.90. The number of hydrogen-bond donors (Lipinski definition) is 3. The van der Waals surface area contributed by atoms with Gasteiger partial charge in [-0.05, 0) is 18.1 Å². The second-order valence-corrected chi connectivity index (χ2v) is 5.80. The summed E-state index contributed by atoms with van der Waals surface area (Å²) in [4.78, 5) is 0. The van der Waals surface area contributed by atoms with Gasteiger partial charge in [0.2, 0.25) is 0 Å². The van der Waals surface area contributed by atoms with Crippen molar-refractivity contribution in [2.75, 3.05) is 19.8 Å². The summed E-state index contributed by atoms with van der Waals surface area (Å²) in [7, 11) is 0. The third kappa shape index (κ3) is 5.85. The fraction of sp³-hybridized carbons (Fsp3) is 0.571. The molecule has 0 aromatic heterocycles. The van der Waals surface area contributed by atoms with Crippen LogP contribution in [0.4, 0.5) is 0 Å². The average Bonchev–Trinajstić information content (AvgIpc) is 2.40. The van der Waals surface area contributed by atoms with Crippen molar-refractivity contribution in [3.05, 3.63) is 28.2 Å². The van der Waals surface area contributed by atoms with Gasteiger partial charge in [0, 0.05) is 18.7 Å². The number of rotatable bonds is 8. The molecule has 2 atom stereocenters. The first kappa shape index (κ1) is 17.5. The summed E-state index contributed by atoms with van der Waals surface area (Å²) in [5, 5.41) is 23.0. The van der Waals surface area contributed by atoms with Crippen molar-refractivity contribution in [3.8, 4) is 5.75 Å². The average molecular weight is 322 g/mol. The summed E-state index contributed by atoms with van der Waals surface area (Å²) >= 11 is 11.7. The minimum Gasteiger partial charge on any atom is -0.491 e. The lowest BCUT2D eigenvalue weighted by molar-refractivity contribution is 0.0962. The van der Waals surface area contributed by atoms with Gasteiger partial charge in [-0.1, -0.05) is 37.0 Å². The Morgan fingerprint density at radius 2 is 1.95 bits per heavy atom. The van der Waals surface area contributed by atoms with Crippen molar-refractivity contribution < 1.29 is 14.9 Å². The smallest absolute Gasteiger partial charge is 0.121 e. The van der Waals surface area contributed by atoms with E-state index in [1.165, 1.54) is 0 Å². The molecule has 0 aliphatic carbocycles. The standard InChI is InChI=1S/C14H21Cl2NO3/c1-9(2)14(7-18)17-6-10(19)8-20-11-3-4-12(15)13(16)5-11/h3-5,9-10,14,17-19H,6-8H2,1-2H3/t10?,14-/m1/s1. The Hall–Kier alpha value is -0.520. The molecule has 6 heteroatoms. The summed E-state index contributed by atoms with van der Waals surface area (Å²) < 4.78 is 5.43. The lowest BCUT2D eigenvalue weighted by Crippen LogP contribution is -2.42. The van der Waals surface area contributed by atoms with Gasteiger partial charge in [0.05, 0.1) is 16.7 Å². The van der Waals surface area contributed by atoms with E-state index < -0.39 is 6.10 Å². The zero-order valence-electron chi connectivity index (χ0n) is 11.6. The highest BCUT2D eigenvalue weighted by Gasteiger charge is 2.14.